The van der Waals surface area contributed by atoms with Gasteiger partial charge in [0, 0.05) is 16.2 Å². The minimum Gasteiger partial charge on any atom is -0.323 e. The highest BCUT2D eigenvalue weighted by molar-refractivity contribution is 8.00. The second-order valence-electron chi connectivity index (χ2n) is 5.59. The van der Waals surface area contributed by atoms with E-state index in [1.54, 1.807) is 0 Å². The number of fused-ring (bicyclic) bond motifs is 1. The fraction of sp³-hybridized carbons (Fsp3) is 0.333. The molecule has 2 aromatic carbocycles. The van der Waals surface area contributed by atoms with E-state index in [-0.39, 0.29) is 6.04 Å². The van der Waals surface area contributed by atoms with Gasteiger partial charge in [-0.05, 0) is 49.4 Å². The summed E-state index contributed by atoms with van der Waals surface area (Å²) in [7, 11) is 0. The Morgan fingerprint density at radius 2 is 1.80 bits per heavy atom. The third-order valence-corrected chi connectivity index (χ3v) is 5.43. The molecule has 104 valence electrons. The topological polar surface area (TPSA) is 26.0 Å². The standard InChI is InChI=1S/C18H21NS/c1-13-9-11-15(12-10-13)20-17-8-4-6-14-5-2-3-7-16(14)18(17)19/h2-3,5,7,9-12,17-18H,4,6,8,19H2,1H3. The van der Waals surface area contributed by atoms with E-state index in [4.69, 9.17) is 5.73 Å². The minimum absolute atomic E-state index is 0.139. The quantitative estimate of drug-likeness (QED) is 0.822. The lowest BCUT2D eigenvalue weighted by Gasteiger charge is -2.22. The Hall–Kier alpha value is -1.25. The van der Waals surface area contributed by atoms with Gasteiger partial charge in [0.25, 0.3) is 0 Å². The summed E-state index contributed by atoms with van der Waals surface area (Å²) >= 11 is 1.93. The van der Waals surface area contributed by atoms with Crippen LogP contribution in [-0.2, 0) is 6.42 Å². The number of nitrogens with two attached hydrogens (primary N) is 1. The molecule has 0 aromatic heterocycles. The summed E-state index contributed by atoms with van der Waals surface area (Å²) in [6.07, 6.45) is 3.58. The molecule has 0 bridgehead atoms. The van der Waals surface area contributed by atoms with Gasteiger partial charge in [-0.15, -0.1) is 11.8 Å². The van der Waals surface area contributed by atoms with E-state index in [0.717, 1.165) is 6.42 Å². The van der Waals surface area contributed by atoms with Crippen LogP contribution in [0.3, 0.4) is 0 Å². The van der Waals surface area contributed by atoms with Gasteiger partial charge in [0.1, 0.15) is 0 Å². The summed E-state index contributed by atoms with van der Waals surface area (Å²) in [4.78, 5) is 1.33. The Labute approximate surface area is 125 Å². The predicted octanol–water partition coefficient (Wildman–Crippen LogP) is 4.49. The molecule has 1 nitrogen and oxygen atoms in total. The Morgan fingerprint density at radius 1 is 1.05 bits per heavy atom. The highest BCUT2D eigenvalue weighted by Crippen LogP contribution is 2.37. The number of rotatable bonds is 2. The highest BCUT2D eigenvalue weighted by atomic mass is 32.2. The van der Waals surface area contributed by atoms with E-state index in [1.807, 2.05) is 11.8 Å². The fourth-order valence-electron chi connectivity index (χ4n) is 2.88. The molecule has 2 atom stereocenters. The largest absolute Gasteiger partial charge is 0.323 e. The van der Waals surface area contributed by atoms with Crippen LogP contribution in [0.5, 0.6) is 0 Å². The Morgan fingerprint density at radius 3 is 2.60 bits per heavy atom. The van der Waals surface area contributed by atoms with Crippen molar-refractivity contribution in [1.82, 2.24) is 0 Å². The number of thioether (sulfide) groups is 1. The van der Waals surface area contributed by atoms with Crippen LogP contribution in [0, 0.1) is 6.92 Å². The van der Waals surface area contributed by atoms with Crippen LogP contribution in [0.4, 0.5) is 0 Å². The van der Waals surface area contributed by atoms with Gasteiger partial charge in [-0.25, -0.2) is 0 Å². The molecule has 2 unspecified atom stereocenters. The van der Waals surface area contributed by atoms with Crippen molar-refractivity contribution >= 4 is 11.8 Å². The molecule has 0 heterocycles. The van der Waals surface area contributed by atoms with Crippen LogP contribution in [0.15, 0.2) is 53.4 Å². The number of aryl methyl sites for hydroxylation is 2. The second-order valence-corrected chi connectivity index (χ2v) is 6.90. The van der Waals surface area contributed by atoms with Crippen molar-refractivity contribution in [2.24, 2.45) is 5.73 Å². The smallest absolute Gasteiger partial charge is 0.0421 e. The van der Waals surface area contributed by atoms with E-state index < -0.39 is 0 Å². The van der Waals surface area contributed by atoms with E-state index in [9.17, 15) is 0 Å². The van der Waals surface area contributed by atoms with E-state index in [1.165, 1.54) is 34.4 Å². The summed E-state index contributed by atoms with van der Waals surface area (Å²) in [5.74, 6) is 0. The molecule has 0 spiro atoms. The van der Waals surface area contributed by atoms with Gasteiger partial charge in [0.05, 0.1) is 0 Å². The summed E-state index contributed by atoms with van der Waals surface area (Å²) in [5, 5.41) is 0.473. The zero-order chi connectivity index (χ0) is 13.9. The Bertz CT molecular complexity index is 576. The van der Waals surface area contributed by atoms with Gasteiger partial charge < -0.3 is 5.73 Å². The first-order valence-corrected chi connectivity index (χ1v) is 8.19. The van der Waals surface area contributed by atoms with Crippen molar-refractivity contribution in [2.45, 2.75) is 42.4 Å². The van der Waals surface area contributed by atoms with Gasteiger partial charge in [-0.2, -0.15) is 0 Å². The van der Waals surface area contributed by atoms with E-state index in [0.29, 0.717) is 5.25 Å². The molecule has 0 radical (unpaired) electrons. The van der Waals surface area contributed by atoms with Crippen LogP contribution in [0.1, 0.15) is 35.6 Å². The molecule has 20 heavy (non-hydrogen) atoms. The third-order valence-electron chi connectivity index (χ3n) is 4.06. The zero-order valence-electron chi connectivity index (χ0n) is 11.9. The lowest BCUT2D eigenvalue weighted by Crippen LogP contribution is -2.23. The van der Waals surface area contributed by atoms with Crippen molar-refractivity contribution in [3.8, 4) is 0 Å². The van der Waals surface area contributed by atoms with Gasteiger partial charge in [0.2, 0.25) is 0 Å². The van der Waals surface area contributed by atoms with Crippen LogP contribution in [0.25, 0.3) is 0 Å². The van der Waals surface area contributed by atoms with Crippen molar-refractivity contribution in [1.29, 1.82) is 0 Å². The average molecular weight is 283 g/mol. The molecule has 0 amide bonds. The fourth-order valence-corrected chi connectivity index (χ4v) is 4.10. The average Bonchev–Trinajstić information content (AvgIpc) is 2.62. The zero-order valence-corrected chi connectivity index (χ0v) is 12.7. The monoisotopic (exact) mass is 283 g/mol. The molecule has 0 aliphatic heterocycles. The Balaban J connectivity index is 1.82. The molecule has 1 aliphatic carbocycles. The molecular formula is C18H21NS. The summed E-state index contributed by atoms with van der Waals surface area (Å²) < 4.78 is 0. The molecule has 0 fully saturated rings. The van der Waals surface area contributed by atoms with Crippen molar-refractivity contribution in [3.05, 3.63) is 65.2 Å². The van der Waals surface area contributed by atoms with Gasteiger partial charge in [-0.1, -0.05) is 42.0 Å². The Kier molecular flexibility index (Phi) is 4.13. The summed E-state index contributed by atoms with van der Waals surface area (Å²) in [6, 6.07) is 17.6. The van der Waals surface area contributed by atoms with Crippen molar-refractivity contribution < 1.29 is 0 Å². The van der Waals surface area contributed by atoms with Gasteiger partial charge in [-0.3, -0.25) is 0 Å². The SMILES string of the molecule is Cc1ccc(SC2CCCc3ccccc3C2N)cc1. The van der Waals surface area contributed by atoms with Crippen LogP contribution in [0.2, 0.25) is 0 Å². The first-order valence-electron chi connectivity index (χ1n) is 7.31. The third kappa shape index (κ3) is 2.92. The minimum atomic E-state index is 0.139. The summed E-state index contributed by atoms with van der Waals surface area (Å²) in [6.45, 7) is 2.13. The van der Waals surface area contributed by atoms with Gasteiger partial charge >= 0.3 is 0 Å². The predicted molar refractivity (Wildman–Crippen MR) is 87.1 cm³/mol. The van der Waals surface area contributed by atoms with Crippen molar-refractivity contribution in [2.75, 3.05) is 0 Å². The van der Waals surface area contributed by atoms with Gasteiger partial charge in [0.15, 0.2) is 0 Å². The maximum atomic E-state index is 6.55. The first-order chi connectivity index (χ1) is 9.74. The van der Waals surface area contributed by atoms with E-state index in [2.05, 4.69) is 55.5 Å². The second kappa shape index (κ2) is 6.02. The van der Waals surface area contributed by atoms with Crippen LogP contribution < -0.4 is 5.73 Å². The lowest BCUT2D eigenvalue weighted by atomic mass is 10.00. The highest BCUT2D eigenvalue weighted by Gasteiger charge is 2.25. The lowest BCUT2D eigenvalue weighted by molar-refractivity contribution is 0.632. The van der Waals surface area contributed by atoms with Crippen LogP contribution in [-0.4, -0.2) is 5.25 Å². The molecule has 0 saturated heterocycles. The van der Waals surface area contributed by atoms with Crippen LogP contribution >= 0.6 is 11.8 Å². The molecule has 0 saturated carbocycles. The molecule has 2 aromatic rings. The van der Waals surface area contributed by atoms with E-state index >= 15 is 0 Å². The molecular weight excluding hydrogens is 262 g/mol. The molecule has 2 heteroatoms. The molecule has 3 rings (SSSR count). The normalized spacial score (nSPS) is 22.1. The number of benzene rings is 2. The number of hydrogen-bond acceptors (Lipinski definition) is 2. The maximum Gasteiger partial charge on any atom is 0.0421 e. The first kappa shape index (κ1) is 13.7. The molecule has 1 aliphatic rings. The van der Waals surface area contributed by atoms with Crippen molar-refractivity contribution in [3.63, 3.8) is 0 Å². The maximum absolute atomic E-state index is 6.55. The molecule has 2 N–H and O–H groups in total. The summed E-state index contributed by atoms with van der Waals surface area (Å²) in [5.41, 5.74) is 10.6. The number of hydrogen-bond donors (Lipinski definition) is 1.